The zero-order valence-corrected chi connectivity index (χ0v) is 18.9. The highest BCUT2D eigenvalue weighted by molar-refractivity contribution is 6.18. The molecule has 0 fully saturated rings. The quantitative estimate of drug-likeness (QED) is 0.573. The van der Waals surface area contributed by atoms with Crippen molar-refractivity contribution in [3.63, 3.8) is 0 Å². The Balaban J connectivity index is 1.79. The maximum absolute atomic E-state index is 5.32. The number of fused-ring (bicyclic) bond motifs is 1. The van der Waals surface area contributed by atoms with Crippen molar-refractivity contribution in [2.45, 2.75) is 39.5 Å². The predicted octanol–water partition coefficient (Wildman–Crippen LogP) is 5.99. The number of aryl methyl sites for hydroxylation is 1. The second-order valence-corrected chi connectivity index (χ2v) is 8.79. The maximum atomic E-state index is 5.32. The molecule has 0 saturated heterocycles. The molecule has 0 aromatic heterocycles. The number of hydrogen-bond donors (Lipinski definition) is 1. The highest BCUT2D eigenvalue weighted by atomic mass is 16.5. The molecule has 3 aromatic carbocycles. The summed E-state index contributed by atoms with van der Waals surface area (Å²) in [5.74, 6) is 1.57. The molecule has 0 aliphatic carbocycles. The first-order valence-corrected chi connectivity index (χ1v) is 10.7. The number of ether oxygens (including phenoxy) is 1. The minimum absolute atomic E-state index is 0.111. The Morgan fingerprint density at radius 1 is 0.871 bits per heavy atom. The molecule has 4 nitrogen and oxygen atoms in total. The minimum Gasteiger partial charge on any atom is -0.497 e. The van der Waals surface area contributed by atoms with Crippen LogP contribution in [-0.2, 0) is 11.8 Å². The summed E-state index contributed by atoms with van der Waals surface area (Å²) in [6, 6.07) is 23.0. The number of amidine groups is 1. The average Bonchev–Trinajstić information content (AvgIpc) is 2.98. The van der Waals surface area contributed by atoms with E-state index in [9.17, 15) is 0 Å². The second-order valence-electron chi connectivity index (χ2n) is 8.79. The van der Waals surface area contributed by atoms with Gasteiger partial charge in [0.1, 0.15) is 5.75 Å². The van der Waals surface area contributed by atoms with E-state index in [2.05, 4.69) is 75.6 Å². The van der Waals surface area contributed by atoms with Crippen LogP contribution in [0.1, 0.15) is 55.5 Å². The van der Waals surface area contributed by atoms with Gasteiger partial charge in [0.25, 0.3) is 0 Å². The average molecular weight is 412 g/mol. The summed E-state index contributed by atoms with van der Waals surface area (Å²) in [5.41, 5.74) is 10.7. The lowest BCUT2D eigenvalue weighted by Gasteiger charge is -2.19. The van der Waals surface area contributed by atoms with Crippen LogP contribution in [-0.4, -0.2) is 18.7 Å². The monoisotopic (exact) mass is 411 g/mol. The van der Waals surface area contributed by atoms with E-state index in [0.717, 1.165) is 46.1 Å². The van der Waals surface area contributed by atoms with Crippen LogP contribution >= 0.6 is 0 Å². The van der Waals surface area contributed by atoms with Gasteiger partial charge in [0, 0.05) is 16.7 Å². The van der Waals surface area contributed by atoms with Gasteiger partial charge in [-0.25, -0.2) is 4.99 Å². The first-order valence-electron chi connectivity index (χ1n) is 10.7. The predicted molar refractivity (Wildman–Crippen MR) is 129 cm³/mol. The van der Waals surface area contributed by atoms with Crippen LogP contribution in [0.15, 0.2) is 76.8 Å². The number of hydrogen-bond acceptors (Lipinski definition) is 4. The van der Waals surface area contributed by atoms with Crippen LogP contribution in [0.3, 0.4) is 0 Å². The van der Waals surface area contributed by atoms with Crippen LogP contribution in [0.25, 0.3) is 0 Å². The molecule has 0 atom stereocenters. The van der Waals surface area contributed by atoms with E-state index in [-0.39, 0.29) is 5.41 Å². The molecule has 0 spiro atoms. The molecule has 0 radical (unpaired) electrons. The normalized spacial score (nSPS) is 13.5. The Morgan fingerprint density at radius 2 is 1.55 bits per heavy atom. The van der Waals surface area contributed by atoms with Crippen LogP contribution in [0, 0.1) is 0 Å². The largest absolute Gasteiger partial charge is 0.497 e. The van der Waals surface area contributed by atoms with Gasteiger partial charge in [0.15, 0.2) is 5.84 Å². The van der Waals surface area contributed by atoms with Crippen molar-refractivity contribution in [3.05, 3.63) is 94.5 Å². The molecule has 3 aromatic rings. The van der Waals surface area contributed by atoms with Crippen molar-refractivity contribution in [1.82, 2.24) is 5.43 Å². The number of aliphatic imine (C=N–C) groups is 1. The molecule has 31 heavy (non-hydrogen) atoms. The highest BCUT2D eigenvalue weighted by Gasteiger charge is 2.19. The van der Waals surface area contributed by atoms with Crippen LogP contribution in [0.4, 0.5) is 5.69 Å². The van der Waals surface area contributed by atoms with E-state index >= 15 is 0 Å². The fourth-order valence-electron chi connectivity index (χ4n) is 3.63. The van der Waals surface area contributed by atoms with Gasteiger partial charge < -0.3 is 4.74 Å². The van der Waals surface area contributed by atoms with Gasteiger partial charge >= 0.3 is 0 Å². The van der Waals surface area contributed by atoms with E-state index in [0.29, 0.717) is 0 Å². The first kappa shape index (κ1) is 20.9. The standard InChI is InChI=1S/C27H29N3O/c1-6-18-7-16-24-23(17-18)25(19-10-14-22(31-5)15-11-19)29-30-26(28-24)20-8-12-21(13-9-20)27(2,3)4/h7-17H,6H2,1-5H3,(H,28,30). The van der Waals surface area contributed by atoms with Gasteiger partial charge in [0.2, 0.25) is 0 Å². The molecule has 1 heterocycles. The van der Waals surface area contributed by atoms with Crippen LogP contribution in [0.5, 0.6) is 5.75 Å². The lowest BCUT2D eigenvalue weighted by atomic mass is 9.86. The second kappa shape index (κ2) is 8.38. The number of rotatable bonds is 4. The molecular weight excluding hydrogens is 382 g/mol. The minimum atomic E-state index is 0.111. The third-order valence-electron chi connectivity index (χ3n) is 5.62. The molecule has 0 unspecified atom stereocenters. The van der Waals surface area contributed by atoms with Crippen molar-refractivity contribution >= 4 is 17.2 Å². The van der Waals surface area contributed by atoms with E-state index in [1.54, 1.807) is 7.11 Å². The van der Waals surface area contributed by atoms with Gasteiger partial charge in [-0.1, -0.05) is 58.0 Å². The van der Waals surface area contributed by atoms with Gasteiger partial charge in [0.05, 0.1) is 18.5 Å². The molecule has 0 amide bonds. The summed E-state index contributed by atoms with van der Waals surface area (Å²) < 4.78 is 5.32. The highest BCUT2D eigenvalue weighted by Crippen LogP contribution is 2.28. The van der Waals surface area contributed by atoms with E-state index in [4.69, 9.17) is 14.8 Å². The third-order valence-corrected chi connectivity index (χ3v) is 5.62. The van der Waals surface area contributed by atoms with Crippen LogP contribution < -0.4 is 10.2 Å². The van der Waals surface area contributed by atoms with Crippen molar-refractivity contribution < 1.29 is 4.74 Å². The van der Waals surface area contributed by atoms with E-state index in [1.165, 1.54) is 11.1 Å². The summed E-state index contributed by atoms with van der Waals surface area (Å²) in [6.07, 6.45) is 0.960. The van der Waals surface area contributed by atoms with Gasteiger partial charge in [-0.15, -0.1) is 0 Å². The Morgan fingerprint density at radius 3 is 2.16 bits per heavy atom. The third kappa shape index (κ3) is 4.38. The summed E-state index contributed by atoms with van der Waals surface area (Å²) in [4.78, 5) is 4.95. The van der Waals surface area contributed by atoms with Gasteiger partial charge in [-0.05, 0) is 59.4 Å². The fourth-order valence-corrected chi connectivity index (χ4v) is 3.63. The number of hydrazone groups is 1. The summed E-state index contributed by atoms with van der Waals surface area (Å²) in [7, 11) is 1.67. The Kier molecular flexibility index (Phi) is 5.64. The Hall–Kier alpha value is -3.40. The van der Waals surface area contributed by atoms with Crippen molar-refractivity contribution in [2.75, 3.05) is 7.11 Å². The molecule has 4 heteroatoms. The van der Waals surface area contributed by atoms with Gasteiger partial charge in [-0.2, -0.15) is 5.10 Å². The van der Waals surface area contributed by atoms with Crippen molar-refractivity contribution in [2.24, 2.45) is 10.1 Å². The first-order chi connectivity index (χ1) is 14.9. The SMILES string of the molecule is CCc1ccc2c(c1)C(c1ccc(OC)cc1)=NNC(c1ccc(C(C)(C)C)cc1)=N2. The fraction of sp³-hybridized carbons (Fsp3) is 0.259. The zero-order chi connectivity index (χ0) is 22.0. The Bertz CT molecular complexity index is 1130. The summed E-state index contributed by atoms with van der Waals surface area (Å²) in [6.45, 7) is 8.82. The van der Waals surface area contributed by atoms with E-state index in [1.807, 2.05) is 24.3 Å². The number of methoxy groups -OCH3 is 1. The molecule has 1 N–H and O–H groups in total. The molecule has 0 bridgehead atoms. The lowest BCUT2D eigenvalue weighted by Crippen LogP contribution is -2.20. The van der Waals surface area contributed by atoms with E-state index < -0.39 is 0 Å². The lowest BCUT2D eigenvalue weighted by molar-refractivity contribution is 0.415. The topological polar surface area (TPSA) is 46.0 Å². The van der Waals surface area contributed by atoms with Crippen molar-refractivity contribution in [3.8, 4) is 5.75 Å². The summed E-state index contributed by atoms with van der Waals surface area (Å²) >= 11 is 0. The van der Waals surface area contributed by atoms with Crippen molar-refractivity contribution in [1.29, 1.82) is 0 Å². The molecule has 0 saturated carbocycles. The molecule has 158 valence electrons. The smallest absolute Gasteiger partial charge is 0.154 e. The van der Waals surface area contributed by atoms with Gasteiger partial charge in [-0.3, -0.25) is 5.43 Å². The number of nitrogens with one attached hydrogen (secondary N) is 1. The maximum Gasteiger partial charge on any atom is 0.154 e. The number of benzene rings is 3. The molecule has 4 rings (SSSR count). The number of nitrogens with zero attached hydrogens (tertiary/aromatic N) is 2. The van der Waals surface area contributed by atoms with Crippen LogP contribution in [0.2, 0.25) is 0 Å². The zero-order valence-electron chi connectivity index (χ0n) is 18.9. The molecular formula is C27H29N3O. The molecule has 1 aliphatic heterocycles. The summed E-state index contributed by atoms with van der Waals surface area (Å²) in [5, 5.41) is 4.79. The molecule has 1 aliphatic rings. The Labute approximate surface area is 184 Å².